The maximum atomic E-state index is 11.5. The Bertz CT molecular complexity index is 472. The second-order valence-electron chi connectivity index (χ2n) is 6.74. The topological polar surface area (TPSA) is 79.8 Å². The van der Waals surface area contributed by atoms with Gasteiger partial charge in [-0.05, 0) is 26.2 Å². The SMILES string of the molecule is CCCCCCCCOCCCN=C(NCC)NC1CCS(=O)(=O)C1.I. The Kier molecular flexibility index (Phi) is 15.9. The average Bonchev–Trinajstić information content (AvgIpc) is 2.91. The number of aliphatic imine (C=N–C) groups is 1. The van der Waals surface area contributed by atoms with Crippen LogP contribution in [-0.4, -0.2) is 58.2 Å². The molecule has 26 heavy (non-hydrogen) atoms. The molecule has 1 unspecified atom stereocenters. The number of halogens is 1. The fourth-order valence-electron chi connectivity index (χ4n) is 2.87. The van der Waals surface area contributed by atoms with E-state index < -0.39 is 9.84 Å². The number of guanidine groups is 1. The third kappa shape index (κ3) is 13.1. The summed E-state index contributed by atoms with van der Waals surface area (Å²) in [6.07, 6.45) is 9.24. The van der Waals surface area contributed by atoms with Crippen LogP contribution in [0.3, 0.4) is 0 Å². The van der Waals surface area contributed by atoms with E-state index in [1.807, 2.05) is 6.92 Å². The second kappa shape index (κ2) is 15.9. The average molecular weight is 503 g/mol. The molecular weight excluding hydrogens is 465 g/mol. The number of sulfone groups is 1. The van der Waals surface area contributed by atoms with E-state index in [-0.39, 0.29) is 41.5 Å². The highest BCUT2D eigenvalue weighted by Gasteiger charge is 2.28. The van der Waals surface area contributed by atoms with Gasteiger partial charge in [0.05, 0.1) is 11.5 Å². The quantitative estimate of drug-likeness (QED) is 0.175. The Morgan fingerprint density at radius 2 is 1.77 bits per heavy atom. The smallest absolute Gasteiger partial charge is 0.191 e. The van der Waals surface area contributed by atoms with E-state index in [0.29, 0.717) is 18.9 Å². The summed E-state index contributed by atoms with van der Waals surface area (Å²) in [5, 5.41) is 6.40. The van der Waals surface area contributed by atoms with Gasteiger partial charge < -0.3 is 15.4 Å². The molecule has 1 rings (SSSR count). The van der Waals surface area contributed by atoms with Crippen molar-refractivity contribution in [3.05, 3.63) is 0 Å². The van der Waals surface area contributed by atoms with Crippen LogP contribution in [0.15, 0.2) is 4.99 Å². The van der Waals surface area contributed by atoms with Crippen LogP contribution in [0.1, 0.15) is 65.2 Å². The van der Waals surface area contributed by atoms with Gasteiger partial charge in [0.25, 0.3) is 0 Å². The molecule has 1 saturated heterocycles. The highest BCUT2D eigenvalue weighted by Crippen LogP contribution is 2.11. The molecule has 0 saturated carbocycles. The van der Waals surface area contributed by atoms with Gasteiger partial charge in [-0.3, -0.25) is 4.99 Å². The van der Waals surface area contributed by atoms with Crippen molar-refractivity contribution in [1.82, 2.24) is 10.6 Å². The predicted molar refractivity (Wildman–Crippen MR) is 120 cm³/mol. The Balaban J connectivity index is 0.00000625. The minimum atomic E-state index is -2.87. The van der Waals surface area contributed by atoms with Crippen molar-refractivity contribution >= 4 is 39.8 Å². The summed E-state index contributed by atoms with van der Waals surface area (Å²) in [5.41, 5.74) is 0. The van der Waals surface area contributed by atoms with Crippen molar-refractivity contribution in [1.29, 1.82) is 0 Å². The maximum Gasteiger partial charge on any atom is 0.191 e. The van der Waals surface area contributed by atoms with Crippen LogP contribution in [0.5, 0.6) is 0 Å². The molecule has 1 fully saturated rings. The summed E-state index contributed by atoms with van der Waals surface area (Å²) in [4.78, 5) is 4.51. The highest BCUT2D eigenvalue weighted by atomic mass is 127. The van der Waals surface area contributed by atoms with E-state index in [1.54, 1.807) is 0 Å². The van der Waals surface area contributed by atoms with E-state index in [9.17, 15) is 8.42 Å². The summed E-state index contributed by atoms with van der Waals surface area (Å²) in [5.74, 6) is 1.19. The van der Waals surface area contributed by atoms with Crippen LogP contribution < -0.4 is 10.6 Å². The first kappa shape index (κ1) is 25.9. The number of hydrogen-bond donors (Lipinski definition) is 2. The fourth-order valence-corrected chi connectivity index (χ4v) is 4.54. The van der Waals surface area contributed by atoms with Gasteiger partial charge >= 0.3 is 0 Å². The van der Waals surface area contributed by atoms with Crippen molar-refractivity contribution in [3.63, 3.8) is 0 Å². The Hall–Kier alpha value is -0.0900. The first-order chi connectivity index (χ1) is 12.1. The molecule has 0 spiro atoms. The Morgan fingerprint density at radius 3 is 2.42 bits per heavy atom. The van der Waals surface area contributed by atoms with Crippen molar-refractivity contribution in [2.75, 3.05) is 37.8 Å². The van der Waals surface area contributed by atoms with Gasteiger partial charge in [0.1, 0.15) is 0 Å². The molecule has 1 aliphatic rings. The van der Waals surface area contributed by atoms with Crippen LogP contribution in [-0.2, 0) is 14.6 Å². The number of hydrogen-bond acceptors (Lipinski definition) is 4. The minimum absolute atomic E-state index is 0. The van der Waals surface area contributed by atoms with Crippen LogP contribution in [0.4, 0.5) is 0 Å². The number of nitrogens with zero attached hydrogens (tertiary/aromatic N) is 1. The van der Waals surface area contributed by atoms with E-state index in [4.69, 9.17) is 4.74 Å². The molecule has 1 heterocycles. The van der Waals surface area contributed by atoms with E-state index in [1.165, 1.54) is 32.1 Å². The summed E-state index contributed by atoms with van der Waals surface area (Å²) in [6, 6.07) is -0.0215. The third-order valence-corrected chi connectivity index (χ3v) is 6.04. The van der Waals surface area contributed by atoms with Gasteiger partial charge in [0.15, 0.2) is 15.8 Å². The molecule has 0 aromatic carbocycles. The molecule has 8 heteroatoms. The molecule has 156 valence electrons. The van der Waals surface area contributed by atoms with E-state index in [2.05, 4.69) is 22.5 Å². The molecule has 1 aliphatic heterocycles. The third-order valence-electron chi connectivity index (χ3n) is 4.28. The van der Waals surface area contributed by atoms with Crippen molar-refractivity contribution in [2.24, 2.45) is 4.99 Å². The second-order valence-corrected chi connectivity index (χ2v) is 8.97. The molecule has 0 aromatic rings. The molecular formula is C18H38IN3O3S. The van der Waals surface area contributed by atoms with Gasteiger partial charge in [-0.25, -0.2) is 8.42 Å². The Labute approximate surface area is 177 Å². The zero-order chi connectivity index (χ0) is 18.4. The molecule has 1 atom stereocenters. The largest absolute Gasteiger partial charge is 0.381 e. The number of nitrogens with one attached hydrogen (secondary N) is 2. The molecule has 0 aromatic heterocycles. The molecule has 0 bridgehead atoms. The van der Waals surface area contributed by atoms with Crippen molar-refractivity contribution < 1.29 is 13.2 Å². The normalized spacial score (nSPS) is 19.2. The molecule has 0 aliphatic carbocycles. The fraction of sp³-hybridized carbons (Fsp3) is 0.944. The standard InChI is InChI=1S/C18H37N3O3S.HI/c1-3-5-6-7-8-9-13-24-14-10-12-20-18(19-4-2)21-17-11-15-25(22,23)16-17;/h17H,3-16H2,1-2H3,(H2,19,20,21);1H. The lowest BCUT2D eigenvalue weighted by Gasteiger charge is -2.15. The summed E-state index contributed by atoms with van der Waals surface area (Å²) < 4.78 is 28.7. The lowest BCUT2D eigenvalue weighted by atomic mass is 10.1. The van der Waals surface area contributed by atoms with Crippen molar-refractivity contribution in [3.8, 4) is 0 Å². The monoisotopic (exact) mass is 503 g/mol. The molecule has 2 N–H and O–H groups in total. The van der Waals surface area contributed by atoms with Crippen LogP contribution in [0.2, 0.25) is 0 Å². The summed E-state index contributed by atoms with van der Waals surface area (Å²) >= 11 is 0. The van der Waals surface area contributed by atoms with Gasteiger partial charge in [-0.2, -0.15) is 0 Å². The first-order valence-electron chi connectivity index (χ1n) is 9.90. The van der Waals surface area contributed by atoms with Crippen LogP contribution >= 0.6 is 24.0 Å². The maximum absolute atomic E-state index is 11.5. The summed E-state index contributed by atoms with van der Waals surface area (Å²) in [7, 11) is -2.87. The molecule has 6 nitrogen and oxygen atoms in total. The number of unbranched alkanes of at least 4 members (excludes halogenated alkanes) is 5. The van der Waals surface area contributed by atoms with Gasteiger partial charge in [-0.1, -0.05) is 39.0 Å². The lowest BCUT2D eigenvalue weighted by Crippen LogP contribution is -2.44. The van der Waals surface area contributed by atoms with Gasteiger partial charge in [0.2, 0.25) is 0 Å². The number of ether oxygens (including phenoxy) is 1. The Morgan fingerprint density at radius 1 is 1.08 bits per heavy atom. The first-order valence-corrected chi connectivity index (χ1v) is 11.7. The van der Waals surface area contributed by atoms with Crippen LogP contribution in [0.25, 0.3) is 0 Å². The number of rotatable bonds is 13. The highest BCUT2D eigenvalue weighted by molar-refractivity contribution is 14.0. The zero-order valence-corrected chi connectivity index (χ0v) is 19.6. The van der Waals surface area contributed by atoms with Gasteiger partial charge in [0, 0.05) is 32.3 Å². The van der Waals surface area contributed by atoms with Gasteiger partial charge in [-0.15, -0.1) is 24.0 Å². The summed E-state index contributed by atoms with van der Waals surface area (Å²) in [6.45, 7) is 7.26. The zero-order valence-electron chi connectivity index (χ0n) is 16.5. The molecule has 0 amide bonds. The van der Waals surface area contributed by atoms with E-state index >= 15 is 0 Å². The predicted octanol–water partition coefficient (Wildman–Crippen LogP) is 3.11. The molecule has 0 radical (unpaired) electrons. The minimum Gasteiger partial charge on any atom is -0.381 e. The van der Waals surface area contributed by atoms with Crippen LogP contribution in [0, 0.1) is 0 Å². The van der Waals surface area contributed by atoms with E-state index in [0.717, 1.165) is 32.6 Å². The van der Waals surface area contributed by atoms with Crippen molar-refractivity contribution in [2.45, 2.75) is 71.3 Å². The lowest BCUT2D eigenvalue weighted by molar-refractivity contribution is 0.129.